The third kappa shape index (κ3) is 5.16. The summed E-state index contributed by atoms with van der Waals surface area (Å²) in [5.41, 5.74) is 3.41. The summed E-state index contributed by atoms with van der Waals surface area (Å²) >= 11 is 5.93. The van der Waals surface area contributed by atoms with Crippen molar-refractivity contribution in [3.8, 4) is 11.8 Å². The number of nitrogens with one attached hydrogen (secondary N) is 1. The van der Waals surface area contributed by atoms with Gasteiger partial charge in [-0.2, -0.15) is 0 Å². The summed E-state index contributed by atoms with van der Waals surface area (Å²) in [6.45, 7) is 10.4. The first-order chi connectivity index (χ1) is 14.1. The van der Waals surface area contributed by atoms with Crippen LogP contribution < -0.4 is 10.1 Å². The van der Waals surface area contributed by atoms with E-state index in [0.717, 1.165) is 6.42 Å². The predicted molar refractivity (Wildman–Crippen MR) is 116 cm³/mol. The van der Waals surface area contributed by atoms with Gasteiger partial charge in [0.25, 0.3) is 11.8 Å². The van der Waals surface area contributed by atoms with Crippen LogP contribution in [0.3, 0.4) is 0 Å². The minimum atomic E-state index is -0.462. The zero-order chi connectivity index (χ0) is 21.9. The van der Waals surface area contributed by atoms with Gasteiger partial charge in [0.1, 0.15) is 5.15 Å². The van der Waals surface area contributed by atoms with Gasteiger partial charge in [-0.25, -0.2) is 9.67 Å². The topological polar surface area (TPSA) is 81.9 Å². The standard InChI is InChI=1S/C22H26ClN5O2/c1-14-9-10-16(15(2)13-14)11-12-24-20(29)19-21(26-27-28(19)22(3,4)5)30-18-8-6-7-17(23)25-18/h6-10,13H,11-12H2,1-5H3,(H,24,29). The van der Waals surface area contributed by atoms with Crippen molar-refractivity contribution in [2.45, 2.75) is 46.6 Å². The molecule has 8 heteroatoms. The molecule has 0 bridgehead atoms. The van der Waals surface area contributed by atoms with Crippen LogP contribution in [0.4, 0.5) is 0 Å². The van der Waals surface area contributed by atoms with Gasteiger partial charge < -0.3 is 10.1 Å². The lowest BCUT2D eigenvalue weighted by molar-refractivity contribution is 0.0933. The van der Waals surface area contributed by atoms with Gasteiger partial charge in [-0.1, -0.05) is 51.7 Å². The van der Waals surface area contributed by atoms with Crippen molar-refractivity contribution in [2.24, 2.45) is 0 Å². The number of aryl methyl sites for hydroxylation is 2. The molecule has 0 saturated heterocycles. The highest BCUT2D eigenvalue weighted by Crippen LogP contribution is 2.26. The molecular weight excluding hydrogens is 402 g/mol. The average molecular weight is 428 g/mol. The Morgan fingerprint density at radius 1 is 1.20 bits per heavy atom. The number of hydrogen-bond donors (Lipinski definition) is 1. The molecule has 2 aromatic heterocycles. The summed E-state index contributed by atoms with van der Waals surface area (Å²) in [6.07, 6.45) is 0.723. The lowest BCUT2D eigenvalue weighted by Crippen LogP contribution is -2.33. The van der Waals surface area contributed by atoms with E-state index < -0.39 is 5.54 Å². The Morgan fingerprint density at radius 2 is 1.97 bits per heavy atom. The second kappa shape index (κ2) is 8.83. The number of aromatic nitrogens is 4. The number of rotatable bonds is 6. The van der Waals surface area contributed by atoms with Gasteiger partial charge in [0.05, 0.1) is 5.54 Å². The van der Waals surface area contributed by atoms with E-state index in [-0.39, 0.29) is 28.5 Å². The summed E-state index contributed by atoms with van der Waals surface area (Å²) in [4.78, 5) is 17.1. The molecule has 1 amide bonds. The van der Waals surface area contributed by atoms with Crippen LogP contribution in [0.25, 0.3) is 0 Å². The Hall–Kier alpha value is -2.93. The van der Waals surface area contributed by atoms with Crippen molar-refractivity contribution in [3.05, 3.63) is 63.9 Å². The molecule has 1 N–H and O–H groups in total. The van der Waals surface area contributed by atoms with E-state index in [2.05, 4.69) is 52.7 Å². The van der Waals surface area contributed by atoms with Gasteiger partial charge in [-0.3, -0.25) is 4.79 Å². The number of carbonyl (C=O) groups is 1. The quantitative estimate of drug-likeness (QED) is 0.587. The molecule has 0 aliphatic rings. The van der Waals surface area contributed by atoms with Crippen LogP contribution in [0, 0.1) is 13.8 Å². The predicted octanol–water partition coefficient (Wildman–Crippen LogP) is 4.46. The molecule has 3 aromatic rings. The Bertz CT molecular complexity index is 1060. The molecule has 2 heterocycles. The fourth-order valence-corrected chi connectivity index (χ4v) is 3.22. The fourth-order valence-electron chi connectivity index (χ4n) is 3.07. The second-order valence-corrected chi connectivity index (χ2v) is 8.55. The van der Waals surface area contributed by atoms with Crippen LogP contribution >= 0.6 is 11.6 Å². The third-order valence-electron chi connectivity index (χ3n) is 4.56. The van der Waals surface area contributed by atoms with Crippen LogP contribution in [0.15, 0.2) is 36.4 Å². The number of halogens is 1. The van der Waals surface area contributed by atoms with Gasteiger partial charge in [0.15, 0.2) is 5.69 Å². The van der Waals surface area contributed by atoms with Gasteiger partial charge in [-0.15, -0.1) is 0 Å². The number of amides is 1. The molecule has 0 atom stereocenters. The van der Waals surface area contributed by atoms with E-state index in [0.29, 0.717) is 6.54 Å². The number of nitrogens with zero attached hydrogens (tertiary/aromatic N) is 4. The van der Waals surface area contributed by atoms with Crippen LogP contribution in [0.5, 0.6) is 11.8 Å². The number of hydrogen-bond acceptors (Lipinski definition) is 5. The normalized spacial score (nSPS) is 11.4. The van der Waals surface area contributed by atoms with Gasteiger partial charge in [-0.05, 0) is 58.2 Å². The molecule has 0 radical (unpaired) electrons. The van der Waals surface area contributed by atoms with E-state index in [4.69, 9.17) is 16.3 Å². The smallest absolute Gasteiger partial charge is 0.275 e. The first kappa shape index (κ1) is 21.8. The molecule has 0 aliphatic heterocycles. The van der Waals surface area contributed by atoms with Crippen LogP contribution in [0.2, 0.25) is 5.15 Å². The van der Waals surface area contributed by atoms with Crippen LogP contribution in [0.1, 0.15) is 48.0 Å². The molecule has 1 aromatic carbocycles. The molecular formula is C22H26ClN5O2. The highest BCUT2D eigenvalue weighted by Gasteiger charge is 2.28. The van der Waals surface area contributed by atoms with Crippen LogP contribution in [-0.4, -0.2) is 32.4 Å². The first-order valence-electron chi connectivity index (χ1n) is 9.76. The summed E-state index contributed by atoms with van der Waals surface area (Å²) in [5, 5.41) is 11.4. The maximum Gasteiger partial charge on any atom is 0.275 e. The minimum Gasteiger partial charge on any atom is -0.417 e. The van der Waals surface area contributed by atoms with Crippen molar-refractivity contribution in [1.82, 2.24) is 25.3 Å². The van der Waals surface area contributed by atoms with Gasteiger partial charge in [0.2, 0.25) is 5.88 Å². The fraction of sp³-hybridized carbons (Fsp3) is 0.364. The van der Waals surface area contributed by atoms with Crippen molar-refractivity contribution in [3.63, 3.8) is 0 Å². The Balaban J connectivity index is 1.79. The maximum absolute atomic E-state index is 13.0. The van der Waals surface area contributed by atoms with E-state index in [1.54, 1.807) is 22.9 Å². The Labute approximate surface area is 181 Å². The van der Waals surface area contributed by atoms with E-state index in [9.17, 15) is 4.79 Å². The molecule has 0 fully saturated rings. The molecule has 0 aliphatic carbocycles. The molecule has 0 saturated carbocycles. The van der Waals surface area contributed by atoms with Crippen molar-refractivity contribution < 1.29 is 9.53 Å². The summed E-state index contributed by atoms with van der Waals surface area (Å²) < 4.78 is 7.29. The summed E-state index contributed by atoms with van der Waals surface area (Å²) in [6, 6.07) is 11.3. The summed E-state index contributed by atoms with van der Waals surface area (Å²) in [5.74, 6) is 0.0215. The maximum atomic E-state index is 13.0. The zero-order valence-corrected chi connectivity index (χ0v) is 18.6. The Kier molecular flexibility index (Phi) is 6.41. The van der Waals surface area contributed by atoms with Crippen molar-refractivity contribution in [1.29, 1.82) is 0 Å². The number of benzene rings is 1. The molecule has 0 unspecified atom stereocenters. The largest absolute Gasteiger partial charge is 0.417 e. The SMILES string of the molecule is Cc1ccc(CCNC(=O)c2c(Oc3cccc(Cl)n3)nnn2C(C)(C)C)c(C)c1. The number of pyridine rings is 1. The first-order valence-corrected chi connectivity index (χ1v) is 10.1. The minimum absolute atomic E-state index is 0.0868. The zero-order valence-electron chi connectivity index (χ0n) is 17.9. The molecule has 158 valence electrons. The Morgan fingerprint density at radius 3 is 2.63 bits per heavy atom. The number of carbonyl (C=O) groups excluding carboxylic acids is 1. The highest BCUT2D eigenvalue weighted by molar-refractivity contribution is 6.29. The van der Waals surface area contributed by atoms with Crippen molar-refractivity contribution in [2.75, 3.05) is 6.54 Å². The second-order valence-electron chi connectivity index (χ2n) is 8.16. The summed E-state index contributed by atoms with van der Waals surface area (Å²) in [7, 11) is 0. The lowest BCUT2D eigenvalue weighted by atomic mass is 10.0. The highest BCUT2D eigenvalue weighted by atomic mass is 35.5. The van der Waals surface area contributed by atoms with Gasteiger partial charge in [0, 0.05) is 12.6 Å². The molecule has 7 nitrogen and oxygen atoms in total. The number of ether oxygens (including phenoxy) is 1. The van der Waals surface area contributed by atoms with Gasteiger partial charge >= 0.3 is 0 Å². The molecule has 3 rings (SSSR count). The molecule has 30 heavy (non-hydrogen) atoms. The molecule has 0 spiro atoms. The lowest BCUT2D eigenvalue weighted by Gasteiger charge is -2.21. The van der Waals surface area contributed by atoms with Crippen molar-refractivity contribution >= 4 is 17.5 Å². The van der Waals surface area contributed by atoms with E-state index in [1.165, 1.54) is 16.7 Å². The third-order valence-corrected chi connectivity index (χ3v) is 4.77. The monoisotopic (exact) mass is 427 g/mol. The van der Waals surface area contributed by atoms with E-state index in [1.807, 2.05) is 20.8 Å². The van der Waals surface area contributed by atoms with E-state index >= 15 is 0 Å². The average Bonchev–Trinajstić information content (AvgIpc) is 3.07. The van der Waals surface area contributed by atoms with Crippen LogP contribution in [-0.2, 0) is 12.0 Å².